The van der Waals surface area contributed by atoms with Gasteiger partial charge >= 0.3 is 6.18 Å². The molecule has 24 heavy (non-hydrogen) atoms. The van der Waals surface area contributed by atoms with Gasteiger partial charge in [-0.1, -0.05) is 6.92 Å². The summed E-state index contributed by atoms with van der Waals surface area (Å²) in [6.07, 6.45) is -2.89. The van der Waals surface area contributed by atoms with E-state index in [-0.39, 0.29) is 12.1 Å². The highest BCUT2D eigenvalue weighted by atomic mass is 19.4. The molecule has 0 spiro atoms. The minimum atomic E-state index is -4.57. The molecule has 0 saturated carbocycles. The second kappa shape index (κ2) is 7.37. The monoisotopic (exact) mass is 341 g/mol. The summed E-state index contributed by atoms with van der Waals surface area (Å²) in [6, 6.07) is 6.97. The van der Waals surface area contributed by atoms with Crippen molar-refractivity contribution < 1.29 is 22.6 Å². The van der Waals surface area contributed by atoms with E-state index >= 15 is 0 Å². The lowest BCUT2D eigenvalue weighted by atomic mass is 10.3. The normalized spacial score (nSPS) is 12.6. The van der Waals surface area contributed by atoms with Crippen LogP contribution in [0.25, 0.3) is 0 Å². The fourth-order valence-corrected chi connectivity index (χ4v) is 1.84. The maximum absolute atomic E-state index is 12.8. The molecule has 1 atom stereocenters. The molecule has 2 rings (SSSR count). The summed E-state index contributed by atoms with van der Waals surface area (Å²) >= 11 is 0. The van der Waals surface area contributed by atoms with E-state index in [9.17, 15) is 13.2 Å². The van der Waals surface area contributed by atoms with Crippen LogP contribution in [0.4, 0.5) is 24.8 Å². The maximum atomic E-state index is 12.8. The fraction of sp³-hybridized carbons (Fsp3) is 0.375. The average molecular weight is 341 g/mol. The molecule has 130 valence electrons. The SMILES string of the molecule is CCC(C)Oc1ccc(Nc2ncc(C(F)(F)F)c(OC)n2)cc1. The number of methoxy groups -OCH3 is 1. The summed E-state index contributed by atoms with van der Waals surface area (Å²) in [6.45, 7) is 3.99. The quantitative estimate of drug-likeness (QED) is 0.843. The highest BCUT2D eigenvalue weighted by molar-refractivity contribution is 5.55. The minimum absolute atomic E-state index is 0.00967. The summed E-state index contributed by atoms with van der Waals surface area (Å²) in [4.78, 5) is 7.42. The molecule has 1 aromatic carbocycles. The van der Waals surface area contributed by atoms with Gasteiger partial charge < -0.3 is 14.8 Å². The van der Waals surface area contributed by atoms with Crippen molar-refractivity contribution >= 4 is 11.6 Å². The lowest BCUT2D eigenvalue weighted by molar-refractivity contribution is -0.139. The fourth-order valence-electron chi connectivity index (χ4n) is 1.84. The zero-order valence-electron chi connectivity index (χ0n) is 13.5. The van der Waals surface area contributed by atoms with E-state index in [2.05, 4.69) is 15.3 Å². The van der Waals surface area contributed by atoms with Crippen molar-refractivity contribution in [2.75, 3.05) is 12.4 Å². The molecule has 0 bridgehead atoms. The number of hydrogen-bond acceptors (Lipinski definition) is 5. The molecule has 1 unspecified atom stereocenters. The summed E-state index contributed by atoms with van der Waals surface area (Å²) in [5.74, 6) is 0.188. The highest BCUT2D eigenvalue weighted by Crippen LogP contribution is 2.35. The zero-order chi connectivity index (χ0) is 17.7. The molecule has 0 saturated heterocycles. The van der Waals surface area contributed by atoms with Crippen LogP contribution >= 0.6 is 0 Å². The van der Waals surface area contributed by atoms with Crippen molar-refractivity contribution in [3.63, 3.8) is 0 Å². The molecule has 0 aliphatic heterocycles. The van der Waals surface area contributed by atoms with Crippen molar-refractivity contribution in [2.45, 2.75) is 32.5 Å². The van der Waals surface area contributed by atoms with E-state index in [0.717, 1.165) is 13.5 Å². The number of nitrogens with zero attached hydrogens (tertiary/aromatic N) is 2. The van der Waals surface area contributed by atoms with Gasteiger partial charge in [0, 0.05) is 11.9 Å². The van der Waals surface area contributed by atoms with Crippen LogP contribution in [0, 0.1) is 0 Å². The van der Waals surface area contributed by atoms with Crippen LogP contribution in [0.2, 0.25) is 0 Å². The Morgan fingerprint density at radius 3 is 2.42 bits per heavy atom. The molecule has 0 aliphatic carbocycles. The number of aromatic nitrogens is 2. The van der Waals surface area contributed by atoms with Gasteiger partial charge in [0.25, 0.3) is 0 Å². The van der Waals surface area contributed by atoms with Crippen LogP contribution in [-0.2, 0) is 6.18 Å². The summed E-state index contributed by atoms with van der Waals surface area (Å²) in [7, 11) is 1.13. The number of ether oxygens (including phenoxy) is 2. The number of nitrogens with one attached hydrogen (secondary N) is 1. The van der Waals surface area contributed by atoms with Crippen molar-refractivity contribution in [3.8, 4) is 11.6 Å². The van der Waals surface area contributed by atoms with E-state index in [1.165, 1.54) is 0 Å². The van der Waals surface area contributed by atoms with Gasteiger partial charge in [-0.25, -0.2) is 4.98 Å². The van der Waals surface area contributed by atoms with Crippen molar-refractivity contribution in [3.05, 3.63) is 36.0 Å². The Morgan fingerprint density at radius 1 is 1.21 bits per heavy atom. The zero-order valence-corrected chi connectivity index (χ0v) is 13.5. The molecule has 5 nitrogen and oxygen atoms in total. The predicted octanol–water partition coefficient (Wildman–Crippen LogP) is 4.42. The Balaban J connectivity index is 2.13. The van der Waals surface area contributed by atoms with Crippen LogP contribution in [0.1, 0.15) is 25.8 Å². The van der Waals surface area contributed by atoms with Gasteiger partial charge in [0.1, 0.15) is 11.3 Å². The average Bonchev–Trinajstić information content (AvgIpc) is 2.55. The van der Waals surface area contributed by atoms with Gasteiger partial charge in [0.15, 0.2) is 0 Å². The van der Waals surface area contributed by atoms with E-state index in [1.54, 1.807) is 24.3 Å². The third kappa shape index (κ3) is 4.50. The van der Waals surface area contributed by atoms with E-state index in [4.69, 9.17) is 9.47 Å². The van der Waals surface area contributed by atoms with Crippen LogP contribution in [0.5, 0.6) is 11.6 Å². The molecular weight excluding hydrogens is 323 g/mol. The Labute approximate surface area is 137 Å². The molecule has 0 amide bonds. The highest BCUT2D eigenvalue weighted by Gasteiger charge is 2.36. The third-order valence-corrected chi connectivity index (χ3v) is 3.28. The smallest absolute Gasteiger partial charge is 0.423 e. The van der Waals surface area contributed by atoms with Gasteiger partial charge in [-0.05, 0) is 37.6 Å². The Hall–Kier alpha value is -2.51. The van der Waals surface area contributed by atoms with Gasteiger partial charge in [-0.2, -0.15) is 18.2 Å². The van der Waals surface area contributed by atoms with Gasteiger partial charge in [0.05, 0.1) is 13.2 Å². The Bertz CT molecular complexity index is 675. The summed E-state index contributed by atoms with van der Waals surface area (Å²) in [5.41, 5.74) is -0.402. The first-order valence-electron chi connectivity index (χ1n) is 7.35. The Morgan fingerprint density at radius 2 is 1.88 bits per heavy atom. The van der Waals surface area contributed by atoms with Gasteiger partial charge in [-0.15, -0.1) is 0 Å². The number of alkyl halides is 3. The standard InChI is InChI=1S/C16H18F3N3O2/c1-4-10(2)24-12-7-5-11(6-8-12)21-15-20-9-13(16(17,18)19)14(22-15)23-3/h5-10H,4H2,1-3H3,(H,20,21,22). The first-order valence-corrected chi connectivity index (χ1v) is 7.35. The molecule has 0 fully saturated rings. The number of benzene rings is 1. The Kier molecular flexibility index (Phi) is 5.48. The first-order chi connectivity index (χ1) is 11.3. The lowest BCUT2D eigenvalue weighted by Crippen LogP contribution is -2.11. The number of rotatable bonds is 6. The van der Waals surface area contributed by atoms with Crippen LogP contribution < -0.4 is 14.8 Å². The van der Waals surface area contributed by atoms with E-state index in [1.807, 2.05) is 13.8 Å². The molecule has 2 aromatic rings. The van der Waals surface area contributed by atoms with E-state index < -0.39 is 17.6 Å². The molecule has 0 aliphatic rings. The molecular formula is C16H18F3N3O2. The summed E-state index contributed by atoms with van der Waals surface area (Å²) in [5, 5.41) is 2.83. The second-order valence-electron chi connectivity index (χ2n) is 5.10. The van der Waals surface area contributed by atoms with Crippen LogP contribution in [0.15, 0.2) is 30.5 Å². The summed E-state index contributed by atoms with van der Waals surface area (Å²) < 4.78 is 48.7. The molecule has 1 heterocycles. The van der Waals surface area contributed by atoms with Crippen molar-refractivity contribution in [1.29, 1.82) is 0 Å². The van der Waals surface area contributed by atoms with Crippen molar-refractivity contribution in [1.82, 2.24) is 9.97 Å². The minimum Gasteiger partial charge on any atom is -0.491 e. The third-order valence-electron chi connectivity index (χ3n) is 3.28. The van der Waals surface area contributed by atoms with Crippen molar-refractivity contribution in [2.24, 2.45) is 0 Å². The van der Waals surface area contributed by atoms with Gasteiger partial charge in [-0.3, -0.25) is 0 Å². The predicted molar refractivity (Wildman–Crippen MR) is 83.7 cm³/mol. The number of anilines is 2. The second-order valence-corrected chi connectivity index (χ2v) is 5.10. The number of hydrogen-bond donors (Lipinski definition) is 1. The van der Waals surface area contributed by atoms with Gasteiger partial charge in [0.2, 0.25) is 11.8 Å². The largest absolute Gasteiger partial charge is 0.491 e. The molecule has 0 radical (unpaired) electrons. The molecule has 1 N–H and O–H groups in total. The number of halogens is 3. The molecule has 8 heteroatoms. The topological polar surface area (TPSA) is 56.3 Å². The van der Waals surface area contributed by atoms with E-state index in [0.29, 0.717) is 17.6 Å². The lowest BCUT2D eigenvalue weighted by Gasteiger charge is -2.14. The van der Waals surface area contributed by atoms with Crippen LogP contribution in [0.3, 0.4) is 0 Å². The maximum Gasteiger partial charge on any atom is 0.423 e. The first kappa shape index (κ1) is 17.8. The van der Waals surface area contributed by atoms with Crippen LogP contribution in [-0.4, -0.2) is 23.2 Å². The molecule has 1 aromatic heterocycles.